The Labute approximate surface area is 149 Å². The van der Waals surface area contributed by atoms with Crippen LogP contribution in [0.1, 0.15) is 31.5 Å². The quantitative estimate of drug-likeness (QED) is 0.859. The van der Waals surface area contributed by atoms with Crippen molar-refractivity contribution in [3.8, 4) is 0 Å². The summed E-state index contributed by atoms with van der Waals surface area (Å²) in [6.07, 6.45) is 4.68. The van der Waals surface area contributed by atoms with Crippen LogP contribution in [0.2, 0.25) is 0 Å². The topological polar surface area (TPSA) is 41.4 Å². The van der Waals surface area contributed by atoms with Gasteiger partial charge in [0.1, 0.15) is 5.82 Å². The number of aromatic nitrogens is 2. The van der Waals surface area contributed by atoms with Crippen molar-refractivity contribution in [1.29, 1.82) is 0 Å². The number of rotatable bonds is 4. The van der Waals surface area contributed by atoms with Crippen LogP contribution in [0.3, 0.4) is 0 Å². The monoisotopic (exact) mass is 340 g/mol. The molecule has 2 aliphatic rings. The number of carbonyl (C=O) groups excluding carboxylic acids is 1. The summed E-state index contributed by atoms with van der Waals surface area (Å²) < 4.78 is 2.37. The van der Waals surface area contributed by atoms with E-state index < -0.39 is 0 Å². The number of aryl methyl sites for hydroxylation is 1. The molecule has 1 aromatic carbocycles. The van der Waals surface area contributed by atoms with E-state index in [-0.39, 0.29) is 0 Å². The van der Waals surface area contributed by atoms with Gasteiger partial charge >= 0.3 is 0 Å². The number of carbonyl (C=O) groups is 1. The Morgan fingerprint density at radius 2 is 1.84 bits per heavy atom. The lowest BCUT2D eigenvalue weighted by Crippen LogP contribution is -2.43. The minimum atomic E-state index is 0.326. The van der Waals surface area contributed by atoms with Crippen molar-refractivity contribution in [2.24, 2.45) is 5.92 Å². The number of hydrogen-bond acceptors (Lipinski definition) is 3. The molecule has 2 aromatic rings. The lowest BCUT2D eigenvalue weighted by molar-refractivity contribution is -0.131. The van der Waals surface area contributed by atoms with E-state index in [1.807, 2.05) is 4.90 Å². The van der Waals surface area contributed by atoms with Gasteiger partial charge in [-0.15, -0.1) is 0 Å². The second-order valence-electron chi connectivity index (χ2n) is 7.57. The van der Waals surface area contributed by atoms with Crippen LogP contribution in [-0.4, -0.2) is 58.0 Å². The fourth-order valence-corrected chi connectivity index (χ4v) is 4.27. The summed E-state index contributed by atoms with van der Waals surface area (Å²) >= 11 is 0. The van der Waals surface area contributed by atoms with E-state index in [1.54, 1.807) is 0 Å². The molecule has 4 rings (SSSR count). The number of benzene rings is 1. The van der Waals surface area contributed by atoms with Gasteiger partial charge in [0.25, 0.3) is 0 Å². The predicted molar refractivity (Wildman–Crippen MR) is 99.4 cm³/mol. The Hall–Kier alpha value is -1.88. The van der Waals surface area contributed by atoms with Crippen molar-refractivity contribution < 1.29 is 4.79 Å². The summed E-state index contributed by atoms with van der Waals surface area (Å²) in [6.45, 7) is 7.75. The summed E-state index contributed by atoms with van der Waals surface area (Å²) in [6, 6.07) is 8.39. The average Bonchev–Trinajstić information content (AvgIpc) is 3.26. The zero-order chi connectivity index (χ0) is 17.2. The molecular formula is C20H28N4O. The van der Waals surface area contributed by atoms with Crippen LogP contribution in [0.4, 0.5) is 0 Å². The number of hydrogen-bond donors (Lipinski definition) is 0. The third-order valence-electron chi connectivity index (χ3n) is 5.81. The predicted octanol–water partition coefficient (Wildman–Crippen LogP) is 2.68. The number of fused-ring (bicyclic) bond motifs is 1. The van der Waals surface area contributed by atoms with Gasteiger partial charge in [0.05, 0.1) is 17.6 Å². The first-order valence-corrected chi connectivity index (χ1v) is 9.63. The summed E-state index contributed by atoms with van der Waals surface area (Å²) in [5.74, 6) is 2.11. The van der Waals surface area contributed by atoms with Crippen LogP contribution in [0.25, 0.3) is 11.0 Å². The van der Waals surface area contributed by atoms with E-state index in [0.29, 0.717) is 18.4 Å². The number of piperidine rings is 1. The maximum atomic E-state index is 12.3. The van der Waals surface area contributed by atoms with Crippen LogP contribution in [0.5, 0.6) is 0 Å². The molecule has 2 fully saturated rings. The van der Waals surface area contributed by atoms with Crippen molar-refractivity contribution in [3.05, 3.63) is 30.1 Å². The fraction of sp³-hybridized carbons (Fsp3) is 0.600. The zero-order valence-corrected chi connectivity index (χ0v) is 15.2. The highest BCUT2D eigenvalue weighted by Crippen LogP contribution is 2.23. The Kier molecular flexibility index (Phi) is 4.75. The fourth-order valence-electron chi connectivity index (χ4n) is 4.27. The van der Waals surface area contributed by atoms with Crippen LogP contribution < -0.4 is 0 Å². The maximum Gasteiger partial charge on any atom is 0.236 e. The third kappa shape index (κ3) is 3.56. The van der Waals surface area contributed by atoms with Gasteiger partial charge in [0.2, 0.25) is 5.91 Å². The van der Waals surface area contributed by atoms with Crippen molar-refractivity contribution in [1.82, 2.24) is 19.4 Å². The lowest BCUT2D eigenvalue weighted by atomic mass is 9.96. The molecule has 5 nitrogen and oxygen atoms in total. The molecule has 5 heteroatoms. The molecule has 25 heavy (non-hydrogen) atoms. The first kappa shape index (κ1) is 16.6. The normalized spacial score (nSPS) is 19.8. The summed E-state index contributed by atoms with van der Waals surface area (Å²) in [7, 11) is 0. The van der Waals surface area contributed by atoms with Gasteiger partial charge in [-0.1, -0.05) is 12.1 Å². The van der Waals surface area contributed by atoms with Gasteiger partial charge in [-0.2, -0.15) is 0 Å². The van der Waals surface area contributed by atoms with Crippen LogP contribution >= 0.6 is 0 Å². The van der Waals surface area contributed by atoms with Gasteiger partial charge in [0, 0.05) is 19.6 Å². The Morgan fingerprint density at radius 3 is 2.60 bits per heavy atom. The second-order valence-corrected chi connectivity index (χ2v) is 7.57. The van der Waals surface area contributed by atoms with Crippen LogP contribution in [0, 0.1) is 12.8 Å². The van der Waals surface area contributed by atoms with E-state index in [2.05, 4.69) is 45.6 Å². The van der Waals surface area contributed by atoms with Gasteiger partial charge in [-0.25, -0.2) is 4.98 Å². The number of para-hydroxylation sites is 2. The SMILES string of the molecule is Cc1nc2ccccc2n1CC1CCN(CC(=O)N2CCCC2)CC1. The molecule has 0 radical (unpaired) electrons. The minimum Gasteiger partial charge on any atom is -0.342 e. The molecule has 0 N–H and O–H groups in total. The molecular weight excluding hydrogens is 312 g/mol. The van der Waals surface area contributed by atoms with Gasteiger partial charge in [0.15, 0.2) is 0 Å². The lowest BCUT2D eigenvalue weighted by Gasteiger charge is -2.32. The van der Waals surface area contributed by atoms with Crippen molar-refractivity contribution in [2.75, 3.05) is 32.7 Å². The zero-order valence-electron chi connectivity index (χ0n) is 15.2. The van der Waals surface area contributed by atoms with E-state index in [4.69, 9.17) is 0 Å². The molecule has 0 bridgehead atoms. The Balaban J connectivity index is 1.32. The largest absolute Gasteiger partial charge is 0.342 e. The Morgan fingerprint density at radius 1 is 1.12 bits per heavy atom. The molecule has 134 valence electrons. The van der Waals surface area contributed by atoms with Gasteiger partial charge in [-0.05, 0) is 63.7 Å². The molecule has 1 aromatic heterocycles. The second kappa shape index (κ2) is 7.16. The van der Waals surface area contributed by atoms with Crippen LogP contribution in [0.15, 0.2) is 24.3 Å². The van der Waals surface area contributed by atoms with E-state index in [0.717, 1.165) is 44.1 Å². The first-order chi connectivity index (χ1) is 12.2. The summed E-state index contributed by atoms with van der Waals surface area (Å²) in [5.41, 5.74) is 2.33. The van der Waals surface area contributed by atoms with E-state index >= 15 is 0 Å². The van der Waals surface area contributed by atoms with Gasteiger partial charge in [-0.3, -0.25) is 9.69 Å². The highest BCUT2D eigenvalue weighted by atomic mass is 16.2. The standard InChI is InChI=1S/C20H28N4O/c1-16-21-18-6-2-3-7-19(18)24(16)14-17-8-12-22(13-9-17)15-20(25)23-10-4-5-11-23/h2-3,6-7,17H,4-5,8-15H2,1H3. The molecule has 0 spiro atoms. The van der Waals surface area contributed by atoms with Crippen molar-refractivity contribution in [3.63, 3.8) is 0 Å². The maximum absolute atomic E-state index is 12.3. The summed E-state index contributed by atoms with van der Waals surface area (Å²) in [4.78, 5) is 21.4. The molecule has 3 heterocycles. The minimum absolute atomic E-state index is 0.326. The van der Waals surface area contributed by atoms with Gasteiger partial charge < -0.3 is 9.47 Å². The van der Waals surface area contributed by atoms with E-state index in [1.165, 1.54) is 31.2 Å². The molecule has 0 unspecified atom stereocenters. The number of likely N-dealkylation sites (tertiary alicyclic amines) is 2. The smallest absolute Gasteiger partial charge is 0.236 e. The third-order valence-corrected chi connectivity index (χ3v) is 5.81. The molecule has 0 saturated carbocycles. The number of imidazole rings is 1. The van der Waals surface area contributed by atoms with E-state index in [9.17, 15) is 4.79 Å². The molecule has 2 aliphatic heterocycles. The molecule has 2 saturated heterocycles. The highest BCUT2D eigenvalue weighted by molar-refractivity contribution is 5.78. The first-order valence-electron chi connectivity index (χ1n) is 9.63. The summed E-state index contributed by atoms with van der Waals surface area (Å²) in [5, 5.41) is 0. The molecule has 0 aliphatic carbocycles. The highest BCUT2D eigenvalue weighted by Gasteiger charge is 2.25. The molecule has 0 atom stereocenters. The number of nitrogens with zero attached hydrogens (tertiary/aromatic N) is 4. The molecule has 1 amide bonds. The Bertz CT molecular complexity index is 739. The van der Waals surface area contributed by atoms with Crippen LogP contribution in [-0.2, 0) is 11.3 Å². The number of amides is 1. The average molecular weight is 340 g/mol. The van der Waals surface area contributed by atoms with Crippen molar-refractivity contribution in [2.45, 2.75) is 39.2 Å². The van der Waals surface area contributed by atoms with Crippen molar-refractivity contribution >= 4 is 16.9 Å².